The Bertz CT molecular complexity index is 700. The molecule has 4 heteroatoms. The number of benzene rings is 2. The molecule has 0 amide bonds. The second kappa shape index (κ2) is 7.27. The Morgan fingerprint density at radius 3 is 2.35 bits per heavy atom. The summed E-state index contributed by atoms with van der Waals surface area (Å²) in [5, 5.41) is 8.66. The monoisotopic (exact) mass is 316 g/mol. The van der Waals surface area contributed by atoms with Gasteiger partial charge >= 0.3 is 5.97 Å². The van der Waals surface area contributed by atoms with Crippen molar-refractivity contribution in [3.05, 3.63) is 64.0 Å². The number of ether oxygens (including phenoxy) is 1. The average Bonchev–Trinajstić information content (AvgIpc) is 2.45. The van der Waals surface area contributed by atoms with E-state index in [1.165, 1.54) is 11.6 Å². The summed E-state index contributed by atoms with van der Waals surface area (Å²) in [5.74, 6) is -1.17. The molecule has 122 valence electrons. The molecule has 0 bridgehead atoms. The normalized spacial score (nSPS) is 10.6. The molecule has 0 unspecified atom stereocenters. The molecule has 0 aliphatic carbocycles. The van der Waals surface area contributed by atoms with E-state index in [4.69, 9.17) is 9.84 Å². The molecule has 0 saturated carbocycles. The minimum Gasteiger partial charge on any atom is -0.486 e. The summed E-state index contributed by atoms with van der Waals surface area (Å²) >= 11 is 0. The van der Waals surface area contributed by atoms with Crippen molar-refractivity contribution in [3.8, 4) is 5.75 Å². The van der Waals surface area contributed by atoms with Gasteiger partial charge in [0.05, 0.1) is 0 Å². The highest BCUT2D eigenvalue weighted by molar-refractivity contribution is 5.67. The van der Waals surface area contributed by atoms with Gasteiger partial charge in [0.15, 0.2) is 11.6 Å². The van der Waals surface area contributed by atoms with Crippen molar-refractivity contribution in [1.29, 1.82) is 0 Å². The van der Waals surface area contributed by atoms with Gasteiger partial charge in [-0.3, -0.25) is 4.79 Å². The number of hydrogen-bond donors (Lipinski definition) is 1. The van der Waals surface area contributed by atoms with Gasteiger partial charge in [0.25, 0.3) is 0 Å². The number of carbonyl (C=O) groups is 1. The molecule has 2 aromatic rings. The molecule has 0 heterocycles. The summed E-state index contributed by atoms with van der Waals surface area (Å²) in [6.07, 6.45) is 0.296. The Hall–Kier alpha value is -2.36. The summed E-state index contributed by atoms with van der Waals surface area (Å²) in [5.41, 5.74) is 5.16. The number of carboxylic acids is 1. The summed E-state index contributed by atoms with van der Waals surface area (Å²) in [6, 6.07) is 8.77. The minimum atomic E-state index is -0.893. The molecule has 0 aromatic heterocycles. The number of aryl methyl sites for hydroxylation is 4. The highest BCUT2D eigenvalue weighted by Crippen LogP contribution is 2.23. The average molecular weight is 316 g/mol. The zero-order valence-corrected chi connectivity index (χ0v) is 13.6. The zero-order chi connectivity index (χ0) is 17.0. The Morgan fingerprint density at radius 1 is 1.13 bits per heavy atom. The van der Waals surface area contributed by atoms with E-state index < -0.39 is 11.8 Å². The van der Waals surface area contributed by atoms with Crippen molar-refractivity contribution in [2.75, 3.05) is 0 Å². The molecule has 2 rings (SSSR count). The van der Waals surface area contributed by atoms with Crippen molar-refractivity contribution in [3.63, 3.8) is 0 Å². The Kier molecular flexibility index (Phi) is 5.37. The molecular formula is C19H21FO3. The Balaban J connectivity index is 2.08. The van der Waals surface area contributed by atoms with Crippen LogP contribution in [0, 0.1) is 26.6 Å². The van der Waals surface area contributed by atoms with Crippen LogP contribution < -0.4 is 4.74 Å². The first-order chi connectivity index (χ1) is 10.9. The number of rotatable bonds is 6. The van der Waals surface area contributed by atoms with Gasteiger partial charge in [-0.2, -0.15) is 0 Å². The van der Waals surface area contributed by atoms with Crippen LogP contribution in [0.3, 0.4) is 0 Å². The second-order valence-electron chi connectivity index (χ2n) is 5.82. The van der Waals surface area contributed by atoms with E-state index in [0.717, 1.165) is 16.7 Å². The maximum Gasteiger partial charge on any atom is 0.303 e. The number of halogens is 1. The molecule has 0 radical (unpaired) electrons. The Morgan fingerprint density at radius 2 is 1.78 bits per heavy atom. The molecular weight excluding hydrogens is 295 g/mol. The third-order valence-electron chi connectivity index (χ3n) is 3.84. The topological polar surface area (TPSA) is 46.5 Å². The quantitative estimate of drug-likeness (QED) is 0.862. The van der Waals surface area contributed by atoms with Crippen LogP contribution in [0.25, 0.3) is 0 Å². The van der Waals surface area contributed by atoms with Crippen molar-refractivity contribution >= 4 is 5.97 Å². The number of carboxylic acid groups (broad SMARTS) is 1. The van der Waals surface area contributed by atoms with E-state index in [-0.39, 0.29) is 12.2 Å². The van der Waals surface area contributed by atoms with Crippen molar-refractivity contribution in [2.45, 2.75) is 40.2 Å². The maximum atomic E-state index is 14.1. The molecule has 23 heavy (non-hydrogen) atoms. The van der Waals surface area contributed by atoms with E-state index in [2.05, 4.69) is 12.1 Å². The lowest BCUT2D eigenvalue weighted by atomic mass is 10.0. The predicted molar refractivity (Wildman–Crippen MR) is 87.3 cm³/mol. The van der Waals surface area contributed by atoms with E-state index in [1.54, 1.807) is 12.1 Å². The highest BCUT2D eigenvalue weighted by atomic mass is 19.1. The van der Waals surface area contributed by atoms with Crippen molar-refractivity contribution < 1.29 is 19.0 Å². The van der Waals surface area contributed by atoms with E-state index in [1.807, 2.05) is 20.8 Å². The molecule has 0 spiro atoms. The molecule has 3 nitrogen and oxygen atoms in total. The van der Waals surface area contributed by atoms with E-state index in [0.29, 0.717) is 18.6 Å². The third kappa shape index (κ3) is 4.55. The van der Waals surface area contributed by atoms with Gasteiger partial charge in [-0.15, -0.1) is 0 Å². The molecule has 2 aromatic carbocycles. The first kappa shape index (κ1) is 17.0. The molecule has 1 N–H and O–H groups in total. The molecule has 0 aliphatic rings. The van der Waals surface area contributed by atoms with Crippen LogP contribution in [0.4, 0.5) is 4.39 Å². The van der Waals surface area contributed by atoms with Crippen molar-refractivity contribution in [1.82, 2.24) is 0 Å². The molecule has 0 fully saturated rings. The molecule has 0 saturated heterocycles. The minimum absolute atomic E-state index is 0.0125. The maximum absolute atomic E-state index is 14.1. The van der Waals surface area contributed by atoms with Crippen LogP contribution in [-0.2, 0) is 17.8 Å². The second-order valence-corrected chi connectivity index (χ2v) is 5.82. The lowest BCUT2D eigenvalue weighted by Crippen LogP contribution is -2.03. The van der Waals surface area contributed by atoms with Crippen LogP contribution in [0.1, 0.15) is 34.2 Å². The Labute approximate surface area is 135 Å². The molecule has 0 aliphatic heterocycles. The lowest BCUT2D eigenvalue weighted by molar-refractivity contribution is -0.136. The SMILES string of the molecule is Cc1cc(C)c(COc2ccc(CCC(=O)O)cc2F)c(C)c1. The van der Waals surface area contributed by atoms with Crippen LogP contribution in [0.5, 0.6) is 5.75 Å². The highest BCUT2D eigenvalue weighted by Gasteiger charge is 2.09. The van der Waals surface area contributed by atoms with Crippen LogP contribution in [0.15, 0.2) is 30.3 Å². The van der Waals surface area contributed by atoms with Gasteiger partial charge in [-0.05, 0) is 61.6 Å². The fourth-order valence-electron chi connectivity index (χ4n) is 2.66. The first-order valence-corrected chi connectivity index (χ1v) is 7.56. The fourth-order valence-corrected chi connectivity index (χ4v) is 2.66. The first-order valence-electron chi connectivity index (χ1n) is 7.56. The fraction of sp³-hybridized carbons (Fsp3) is 0.316. The smallest absolute Gasteiger partial charge is 0.303 e. The lowest BCUT2D eigenvalue weighted by Gasteiger charge is -2.13. The van der Waals surface area contributed by atoms with E-state index in [9.17, 15) is 9.18 Å². The standard InChI is InChI=1S/C19H21FO3/c1-12-8-13(2)16(14(3)9-12)11-23-18-6-4-15(10-17(18)20)5-7-19(21)22/h4,6,8-10H,5,7,11H2,1-3H3,(H,21,22). The van der Waals surface area contributed by atoms with Gasteiger partial charge in [-0.25, -0.2) is 4.39 Å². The third-order valence-corrected chi connectivity index (χ3v) is 3.84. The van der Waals surface area contributed by atoms with Crippen LogP contribution >= 0.6 is 0 Å². The number of aliphatic carboxylic acids is 1. The van der Waals surface area contributed by atoms with Crippen molar-refractivity contribution in [2.24, 2.45) is 0 Å². The largest absolute Gasteiger partial charge is 0.486 e. The number of hydrogen-bond acceptors (Lipinski definition) is 2. The van der Waals surface area contributed by atoms with Crippen LogP contribution in [0.2, 0.25) is 0 Å². The summed E-state index contributed by atoms with van der Waals surface area (Å²) in [7, 11) is 0. The van der Waals surface area contributed by atoms with Gasteiger partial charge in [0.2, 0.25) is 0 Å². The van der Waals surface area contributed by atoms with E-state index >= 15 is 0 Å². The van der Waals surface area contributed by atoms with Gasteiger partial charge < -0.3 is 9.84 Å². The molecule has 0 atom stereocenters. The van der Waals surface area contributed by atoms with Crippen LogP contribution in [-0.4, -0.2) is 11.1 Å². The predicted octanol–water partition coefficient (Wildman–Crippen LogP) is 4.35. The van der Waals surface area contributed by atoms with Gasteiger partial charge in [0.1, 0.15) is 6.61 Å². The summed E-state index contributed by atoms with van der Waals surface area (Å²) in [4.78, 5) is 10.6. The summed E-state index contributed by atoms with van der Waals surface area (Å²) in [6.45, 7) is 6.39. The summed E-state index contributed by atoms with van der Waals surface area (Å²) < 4.78 is 19.7. The van der Waals surface area contributed by atoms with Gasteiger partial charge in [0, 0.05) is 6.42 Å². The van der Waals surface area contributed by atoms with Gasteiger partial charge in [-0.1, -0.05) is 23.8 Å². The zero-order valence-electron chi connectivity index (χ0n) is 13.6.